The van der Waals surface area contributed by atoms with Gasteiger partial charge in [-0.1, -0.05) is 61.5 Å². The zero-order chi connectivity index (χ0) is 27.8. The van der Waals surface area contributed by atoms with Crippen molar-refractivity contribution >= 4 is 17.7 Å². The molecule has 9 heteroatoms. The SMILES string of the molecule is CC(C)Cc1c(CSc2cc(C(C)(C)C)cc(C(C)(C)C)c2)c(C(F)(F)F)nc(C(F)F)c1C(=O)O. The van der Waals surface area contributed by atoms with E-state index in [0.717, 1.165) is 22.9 Å². The van der Waals surface area contributed by atoms with Gasteiger partial charge in [-0.25, -0.2) is 18.6 Å². The van der Waals surface area contributed by atoms with E-state index in [0.29, 0.717) is 4.90 Å². The van der Waals surface area contributed by atoms with Crippen LogP contribution in [0.5, 0.6) is 0 Å². The summed E-state index contributed by atoms with van der Waals surface area (Å²) in [5.74, 6) is -2.24. The standard InChI is InChI=1S/C27H34F5NO2S/c1-14(2)9-18-19(22(27(30,31)32)33-21(23(28)29)20(18)24(34)35)13-36-17-11-15(25(3,4)5)10-16(12-17)26(6,7)8/h10-12,14,23H,9,13H2,1-8H3,(H,34,35). The second-order valence-electron chi connectivity index (χ2n) is 11.4. The minimum Gasteiger partial charge on any atom is -0.478 e. The van der Waals surface area contributed by atoms with Crippen molar-refractivity contribution < 1.29 is 31.9 Å². The Balaban J connectivity index is 2.77. The van der Waals surface area contributed by atoms with E-state index in [2.05, 4.69) is 11.1 Å². The van der Waals surface area contributed by atoms with Crippen molar-refractivity contribution in [3.63, 3.8) is 0 Å². The van der Waals surface area contributed by atoms with Gasteiger partial charge in [0, 0.05) is 10.6 Å². The van der Waals surface area contributed by atoms with Crippen LogP contribution in [0.2, 0.25) is 0 Å². The summed E-state index contributed by atoms with van der Waals surface area (Å²) in [6.45, 7) is 15.6. The Labute approximate surface area is 213 Å². The molecule has 0 aliphatic carbocycles. The summed E-state index contributed by atoms with van der Waals surface area (Å²) >= 11 is 1.12. The predicted molar refractivity (Wildman–Crippen MR) is 133 cm³/mol. The molecular weight excluding hydrogens is 497 g/mol. The summed E-state index contributed by atoms with van der Waals surface area (Å²) in [6, 6.07) is 5.90. The van der Waals surface area contributed by atoms with Gasteiger partial charge in [-0.2, -0.15) is 13.2 Å². The zero-order valence-electron chi connectivity index (χ0n) is 21.9. The fraction of sp³-hybridized carbons (Fsp3) is 0.556. The molecule has 0 aliphatic heterocycles. The molecule has 1 N–H and O–H groups in total. The molecule has 1 aromatic carbocycles. The number of hydrogen-bond donors (Lipinski definition) is 1. The van der Waals surface area contributed by atoms with E-state index >= 15 is 0 Å². The van der Waals surface area contributed by atoms with Crippen LogP contribution in [0, 0.1) is 5.92 Å². The van der Waals surface area contributed by atoms with Crippen molar-refractivity contribution in [2.75, 3.05) is 0 Å². The Kier molecular flexibility index (Phi) is 8.92. The van der Waals surface area contributed by atoms with Crippen molar-refractivity contribution in [3.05, 3.63) is 57.4 Å². The van der Waals surface area contributed by atoms with Gasteiger partial charge in [-0.3, -0.25) is 0 Å². The average molecular weight is 532 g/mol. The number of carboxylic acids is 1. The van der Waals surface area contributed by atoms with Crippen LogP contribution in [0.3, 0.4) is 0 Å². The van der Waals surface area contributed by atoms with E-state index in [4.69, 9.17) is 0 Å². The molecule has 36 heavy (non-hydrogen) atoms. The highest BCUT2D eigenvalue weighted by atomic mass is 32.2. The molecule has 200 valence electrons. The molecule has 0 fully saturated rings. The third kappa shape index (κ3) is 7.20. The quantitative estimate of drug-likeness (QED) is 0.286. The van der Waals surface area contributed by atoms with E-state index in [-0.39, 0.29) is 40.0 Å². The number of carboxylic acid groups (broad SMARTS) is 1. The predicted octanol–water partition coefficient (Wildman–Crippen LogP) is 8.82. The summed E-state index contributed by atoms with van der Waals surface area (Å²) in [7, 11) is 0. The molecule has 0 bridgehead atoms. The van der Waals surface area contributed by atoms with Crippen molar-refractivity contribution in [2.45, 2.75) is 95.9 Å². The Morgan fingerprint density at radius 3 is 1.81 bits per heavy atom. The second kappa shape index (κ2) is 10.7. The second-order valence-corrected chi connectivity index (χ2v) is 12.5. The van der Waals surface area contributed by atoms with Crippen LogP contribution in [0.4, 0.5) is 22.0 Å². The summed E-state index contributed by atoms with van der Waals surface area (Å²) < 4.78 is 69.5. The molecule has 1 heterocycles. The van der Waals surface area contributed by atoms with Gasteiger partial charge < -0.3 is 5.11 Å². The molecule has 0 saturated heterocycles. The zero-order valence-corrected chi connectivity index (χ0v) is 22.7. The lowest BCUT2D eigenvalue weighted by molar-refractivity contribution is -0.142. The molecule has 3 nitrogen and oxygen atoms in total. The Bertz CT molecular complexity index is 1080. The molecule has 0 aliphatic rings. The minimum absolute atomic E-state index is 0.0991. The molecule has 2 aromatic rings. The Hall–Kier alpha value is -2.16. The number of pyridine rings is 1. The van der Waals surface area contributed by atoms with E-state index < -0.39 is 35.5 Å². The van der Waals surface area contributed by atoms with Gasteiger partial charge in [0.15, 0.2) is 0 Å². The van der Waals surface area contributed by atoms with Crippen molar-refractivity contribution in [2.24, 2.45) is 5.92 Å². The van der Waals surface area contributed by atoms with Crippen LogP contribution >= 0.6 is 11.8 Å². The van der Waals surface area contributed by atoms with Crippen LogP contribution in [0.15, 0.2) is 23.1 Å². The molecule has 0 radical (unpaired) electrons. The number of hydrogen-bond acceptors (Lipinski definition) is 3. The van der Waals surface area contributed by atoms with Crippen LogP contribution in [0.25, 0.3) is 0 Å². The van der Waals surface area contributed by atoms with Gasteiger partial charge >= 0.3 is 12.1 Å². The van der Waals surface area contributed by atoms with Gasteiger partial charge in [0.2, 0.25) is 0 Å². The van der Waals surface area contributed by atoms with E-state index in [1.807, 2.05) is 53.7 Å². The molecule has 0 saturated carbocycles. The fourth-order valence-electron chi connectivity index (χ4n) is 3.82. The van der Waals surface area contributed by atoms with E-state index in [1.54, 1.807) is 13.8 Å². The van der Waals surface area contributed by atoms with Gasteiger partial charge in [-0.05, 0) is 57.6 Å². The number of halogens is 5. The number of carbonyl (C=O) groups is 1. The number of nitrogens with zero attached hydrogens (tertiary/aromatic N) is 1. The van der Waals surface area contributed by atoms with Gasteiger partial charge in [-0.15, -0.1) is 11.8 Å². The lowest BCUT2D eigenvalue weighted by Gasteiger charge is -2.26. The maximum absolute atomic E-state index is 14.0. The number of aromatic carboxylic acids is 1. The van der Waals surface area contributed by atoms with Gasteiger partial charge in [0.25, 0.3) is 6.43 Å². The summed E-state index contributed by atoms with van der Waals surface area (Å²) in [4.78, 5) is 15.9. The fourth-order valence-corrected chi connectivity index (χ4v) is 4.86. The Morgan fingerprint density at radius 1 is 0.944 bits per heavy atom. The molecule has 2 rings (SSSR count). The highest BCUT2D eigenvalue weighted by molar-refractivity contribution is 7.98. The minimum atomic E-state index is -5.02. The third-order valence-electron chi connectivity index (χ3n) is 5.76. The largest absolute Gasteiger partial charge is 0.478 e. The van der Waals surface area contributed by atoms with Crippen LogP contribution in [-0.2, 0) is 29.2 Å². The van der Waals surface area contributed by atoms with Crippen molar-refractivity contribution in [1.29, 1.82) is 0 Å². The molecule has 1 aromatic heterocycles. The number of thioether (sulfide) groups is 1. The van der Waals surface area contributed by atoms with Crippen LogP contribution in [-0.4, -0.2) is 16.1 Å². The molecular formula is C27H34F5NO2S. The summed E-state index contributed by atoms with van der Waals surface area (Å²) in [5.41, 5.74) is -2.63. The first-order valence-electron chi connectivity index (χ1n) is 11.7. The van der Waals surface area contributed by atoms with Crippen molar-refractivity contribution in [3.8, 4) is 0 Å². The smallest absolute Gasteiger partial charge is 0.433 e. The highest BCUT2D eigenvalue weighted by Gasteiger charge is 2.40. The molecule has 0 amide bonds. The molecule has 0 spiro atoms. The first-order valence-corrected chi connectivity index (χ1v) is 12.6. The van der Waals surface area contributed by atoms with Crippen LogP contribution in [0.1, 0.15) is 106 Å². The summed E-state index contributed by atoms with van der Waals surface area (Å²) in [6.07, 6.45) is -8.58. The maximum atomic E-state index is 14.0. The summed E-state index contributed by atoms with van der Waals surface area (Å²) in [5, 5.41) is 9.70. The first-order chi connectivity index (χ1) is 16.2. The molecule has 0 atom stereocenters. The van der Waals surface area contributed by atoms with Crippen molar-refractivity contribution in [1.82, 2.24) is 4.98 Å². The highest BCUT2D eigenvalue weighted by Crippen LogP contribution is 2.41. The number of benzene rings is 1. The number of aromatic nitrogens is 1. The topological polar surface area (TPSA) is 50.2 Å². The van der Waals surface area contributed by atoms with E-state index in [1.165, 1.54) is 0 Å². The Morgan fingerprint density at radius 2 is 1.44 bits per heavy atom. The van der Waals surface area contributed by atoms with Gasteiger partial charge in [0.05, 0.1) is 5.56 Å². The average Bonchev–Trinajstić information content (AvgIpc) is 2.69. The first kappa shape index (κ1) is 30.1. The molecule has 0 unspecified atom stereocenters. The lowest BCUT2D eigenvalue weighted by atomic mass is 9.81. The number of rotatable bonds is 7. The lowest BCUT2D eigenvalue weighted by Crippen LogP contribution is -2.21. The number of alkyl halides is 5. The third-order valence-corrected chi connectivity index (χ3v) is 6.77. The monoisotopic (exact) mass is 531 g/mol. The van der Waals surface area contributed by atoms with Gasteiger partial charge in [0.1, 0.15) is 11.4 Å². The van der Waals surface area contributed by atoms with Crippen LogP contribution < -0.4 is 0 Å². The maximum Gasteiger partial charge on any atom is 0.433 e. The normalized spacial score (nSPS) is 13.1. The van der Waals surface area contributed by atoms with E-state index in [9.17, 15) is 31.9 Å².